The number of hydrogen-bond donors (Lipinski definition) is 3. The van der Waals surface area contributed by atoms with Gasteiger partial charge in [0, 0.05) is 22.2 Å². The van der Waals surface area contributed by atoms with Crippen LogP contribution in [-0.4, -0.2) is 43.1 Å². The molecule has 0 spiro atoms. The molecule has 0 aliphatic heterocycles. The smallest absolute Gasteiger partial charge is 0.408 e. The summed E-state index contributed by atoms with van der Waals surface area (Å²) in [5.74, 6) is -1.25. The minimum atomic E-state index is -1.13. The van der Waals surface area contributed by atoms with Crippen molar-refractivity contribution in [2.75, 3.05) is 13.7 Å². The number of hydrogen-bond acceptors (Lipinski definition) is 6. The molecule has 3 N–H and O–H groups in total. The van der Waals surface area contributed by atoms with E-state index in [1.54, 1.807) is 57.2 Å². The van der Waals surface area contributed by atoms with Crippen LogP contribution >= 0.6 is 23.2 Å². The second-order valence-corrected chi connectivity index (χ2v) is 10.3. The quantitative estimate of drug-likeness (QED) is 0.343. The van der Waals surface area contributed by atoms with Gasteiger partial charge in [0.1, 0.15) is 11.6 Å². The van der Waals surface area contributed by atoms with Crippen LogP contribution in [0, 0.1) is 0 Å². The fourth-order valence-electron chi connectivity index (χ4n) is 3.49. The molecular formula is C27H33Cl2N3O6. The van der Waals surface area contributed by atoms with Crippen molar-refractivity contribution in [2.45, 2.75) is 58.2 Å². The molecule has 0 bridgehead atoms. The fraction of sp³-hybridized carbons (Fsp3) is 0.407. The number of carbonyl (C=O) groups excluding carboxylic acids is 4. The lowest BCUT2D eigenvalue weighted by atomic mass is 10.0. The van der Waals surface area contributed by atoms with Gasteiger partial charge in [-0.15, -0.1) is 0 Å². The fourth-order valence-corrected chi connectivity index (χ4v) is 4.04. The summed E-state index contributed by atoms with van der Waals surface area (Å²) in [7, 11) is 1.28. The minimum Gasteiger partial charge on any atom is -0.469 e. The summed E-state index contributed by atoms with van der Waals surface area (Å²) in [4.78, 5) is 49.5. The van der Waals surface area contributed by atoms with Gasteiger partial charge in [0.2, 0.25) is 5.91 Å². The lowest BCUT2D eigenvalue weighted by molar-refractivity contribution is -0.140. The molecule has 2 atom stereocenters. The van der Waals surface area contributed by atoms with Gasteiger partial charge in [-0.2, -0.15) is 0 Å². The molecule has 206 valence electrons. The first-order chi connectivity index (χ1) is 17.8. The predicted octanol–water partition coefficient (Wildman–Crippen LogP) is 5.12. The Labute approximate surface area is 232 Å². The van der Waals surface area contributed by atoms with E-state index in [9.17, 15) is 19.2 Å². The van der Waals surface area contributed by atoms with Gasteiger partial charge >= 0.3 is 12.1 Å². The number of benzene rings is 2. The van der Waals surface area contributed by atoms with Crippen LogP contribution in [0.4, 0.5) is 4.79 Å². The normalized spacial score (nSPS) is 12.6. The number of esters is 1. The molecule has 9 nitrogen and oxygen atoms in total. The van der Waals surface area contributed by atoms with Crippen LogP contribution in [0.1, 0.15) is 74.1 Å². The van der Waals surface area contributed by atoms with Crippen LogP contribution in [0.15, 0.2) is 42.5 Å². The van der Waals surface area contributed by atoms with Gasteiger partial charge in [0.05, 0.1) is 19.6 Å². The Kier molecular flexibility index (Phi) is 11.4. The zero-order valence-electron chi connectivity index (χ0n) is 22.0. The third-order valence-electron chi connectivity index (χ3n) is 5.28. The highest BCUT2D eigenvalue weighted by molar-refractivity contribution is 6.34. The van der Waals surface area contributed by atoms with Crippen LogP contribution in [0.2, 0.25) is 10.0 Å². The van der Waals surface area contributed by atoms with Gasteiger partial charge in [-0.3, -0.25) is 14.4 Å². The molecule has 3 amide bonds. The standard InChI is InChI=1S/C27H33Cl2N3O6/c1-6-21(16-7-9-17(10-8-16)24(34)30-12-11-22(33)37-5)31-25(35)23(32-26(36)38-27(2,3)4)18-13-19(28)15-20(29)14-18/h7-10,13-15,21,23H,6,11-12H2,1-5H3,(H,30,34)(H,31,35)(H,32,36)/t21-,23?/m1/s1. The van der Waals surface area contributed by atoms with Gasteiger partial charge in [-0.25, -0.2) is 4.79 Å². The highest BCUT2D eigenvalue weighted by atomic mass is 35.5. The average molecular weight is 566 g/mol. The second-order valence-electron chi connectivity index (χ2n) is 9.46. The Bertz CT molecular complexity index is 1130. The molecule has 11 heteroatoms. The molecule has 0 aliphatic rings. The summed E-state index contributed by atoms with van der Waals surface area (Å²) < 4.78 is 9.89. The molecule has 0 aromatic heterocycles. The Balaban J connectivity index is 2.19. The third kappa shape index (κ3) is 9.87. The first-order valence-electron chi connectivity index (χ1n) is 12.0. The predicted molar refractivity (Wildman–Crippen MR) is 145 cm³/mol. The Hall–Kier alpha value is -3.30. The molecule has 0 fully saturated rings. The highest BCUT2D eigenvalue weighted by Crippen LogP contribution is 2.26. The first-order valence-corrected chi connectivity index (χ1v) is 12.8. The van der Waals surface area contributed by atoms with Gasteiger partial charge in [-0.05, 0) is 68.7 Å². The molecule has 38 heavy (non-hydrogen) atoms. The average Bonchev–Trinajstić information content (AvgIpc) is 2.83. The van der Waals surface area contributed by atoms with Gasteiger partial charge in [0.15, 0.2) is 0 Å². The van der Waals surface area contributed by atoms with Crippen molar-refractivity contribution in [3.63, 3.8) is 0 Å². The molecule has 0 saturated heterocycles. The molecule has 2 aromatic carbocycles. The number of rotatable bonds is 10. The summed E-state index contributed by atoms with van der Waals surface area (Å²) in [5, 5.41) is 8.82. The molecule has 0 aliphatic carbocycles. The van der Waals surface area contributed by atoms with E-state index in [0.29, 0.717) is 27.6 Å². The van der Waals surface area contributed by atoms with Gasteiger partial charge in [0.25, 0.3) is 5.91 Å². The number of methoxy groups -OCH3 is 1. The van der Waals surface area contributed by atoms with Gasteiger partial charge < -0.3 is 25.4 Å². The van der Waals surface area contributed by atoms with Gasteiger partial charge in [-0.1, -0.05) is 42.3 Å². The van der Waals surface area contributed by atoms with E-state index in [1.165, 1.54) is 13.2 Å². The molecule has 0 saturated carbocycles. The van der Waals surface area contributed by atoms with E-state index >= 15 is 0 Å². The molecule has 0 heterocycles. The Morgan fingerprint density at radius 2 is 1.53 bits per heavy atom. The van der Waals surface area contributed by atoms with E-state index in [-0.39, 0.29) is 18.9 Å². The molecule has 1 unspecified atom stereocenters. The summed E-state index contributed by atoms with van der Waals surface area (Å²) in [6, 6.07) is 9.79. The summed E-state index contributed by atoms with van der Waals surface area (Å²) in [6.07, 6.45) is -0.170. The maximum atomic E-state index is 13.4. The first kappa shape index (κ1) is 30.9. The summed E-state index contributed by atoms with van der Waals surface area (Å²) in [5.41, 5.74) is 0.778. The maximum Gasteiger partial charge on any atom is 0.408 e. The maximum absolute atomic E-state index is 13.4. The third-order valence-corrected chi connectivity index (χ3v) is 5.72. The molecule has 2 rings (SSSR count). The summed E-state index contributed by atoms with van der Waals surface area (Å²) in [6.45, 7) is 7.20. The molecule has 2 aromatic rings. The van der Waals surface area contributed by atoms with Crippen molar-refractivity contribution in [1.82, 2.24) is 16.0 Å². The monoisotopic (exact) mass is 565 g/mol. The number of nitrogens with one attached hydrogen (secondary N) is 3. The van der Waals surface area contributed by atoms with Crippen molar-refractivity contribution < 1.29 is 28.7 Å². The SMILES string of the molecule is CC[C@@H](NC(=O)C(NC(=O)OC(C)(C)C)c1cc(Cl)cc(Cl)c1)c1ccc(C(=O)NCCC(=O)OC)cc1. The Morgan fingerprint density at radius 3 is 2.05 bits per heavy atom. The number of ether oxygens (including phenoxy) is 2. The van der Waals surface area contributed by atoms with E-state index in [1.807, 2.05) is 6.92 Å². The van der Waals surface area contributed by atoms with E-state index < -0.39 is 35.7 Å². The Morgan fingerprint density at radius 1 is 0.921 bits per heavy atom. The second kappa shape index (κ2) is 14.0. The summed E-state index contributed by atoms with van der Waals surface area (Å²) >= 11 is 12.3. The molecular weight excluding hydrogens is 533 g/mol. The van der Waals surface area contributed by atoms with Crippen LogP contribution < -0.4 is 16.0 Å². The van der Waals surface area contributed by atoms with Crippen LogP contribution in [0.5, 0.6) is 0 Å². The number of carbonyl (C=O) groups is 4. The van der Waals surface area contributed by atoms with Crippen molar-refractivity contribution in [3.05, 3.63) is 69.2 Å². The number of halogens is 2. The van der Waals surface area contributed by atoms with E-state index in [2.05, 4.69) is 20.7 Å². The van der Waals surface area contributed by atoms with E-state index in [4.69, 9.17) is 27.9 Å². The van der Waals surface area contributed by atoms with Crippen LogP contribution in [-0.2, 0) is 19.1 Å². The van der Waals surface area contributed by atoms with E-state index in [0.717, 1.165) is 5.56 Å². The van der Waals surface area contributed by atoms with Crippen molar-refractivity contribution in [3.8, 4) is 0 Å². The van der Waals surface area contributed by atoms with Crippen molar-refractivity contribution in [2.24, 2.45) is 0 Å². The lowest BCUT2D eigenvalue weighted by Crippen LogP contribution is -2.43. The lowest BCUT2D eigenvalue weighted by Gasteiger charge is -2.26. The van der Waals surface area contributed by atoms with Crippen LogP contribution in [0.3, 0.4) is 0 Å². The molecule has 0 radical (unpaired) electrons. The zero-order chi connectivity index (χ0) is 28.5. The van der Waals surface area contributed by atoms with Crippen molar-refractivity contribution >= 4 is 47.1 Å². The largest absolute Gasteiger partial charge is 0.469 e. The number of amides is 3. The highest BCUT2D eigenvalue weighted by Gasteiger charge is 2.28. The van der Waals surface area contributed by atoms with Crippen LogP contribution in [0.25, 0.3) is 0 Å². The number of alkyl carbamates (subject to hydrolysis) is 1. The minimum absolute atomic E-state index is 0.0700. The topological polar surface area (TPSA) is 123 Å². The zero-order valence-corrected chi connectivity index (χ0v) is 23.5. The van der Waals surface area contributed by atoms with Crippen molar-refractivity contribution in [1.29, 1.82) is 0 Å².